The van der Waals surface area contributed by atoms with Crippen LogP contribution in [0.25, 0.3) is 0 Å². The summed E-state index contributed by atoms with van der Waals surface area (Å²) >= 11 is 7.37. The minimum Gasteiger partial charge on any atom is -0.271 e. The van der Waals surface area contributed by atoms with E-state index < -0.39 is 0 Å². The van der Waals surface area contributed by atoms with Crippen molar-refractivity contribution in [1.29, 1.82) is 0 Å². The maximum Gasteiger partial charge on any atom is 0.0766 e. The van der Waals surface area contributed by atoms with Crippen molar-refractivity contribution in [2.45, 2.75) is 39.0 Å². The van der Waals surface area contributed by atoms with Crippen molar-refractivity contribution in [3.05, 3.63) is 15.9 Å². The number of rotatable bonds is 4. The standard InChI is InChI=1S/C12H18Br2N2/c1-3-9-11(14)10(16(2)15-9)7-12(8-13)5-4-6-12/h3-8H2,1-2H3. The predicted molar refractivity (Wildman–Crippen MR) is 74.1 cm³/mol. The number of hydrogen-bond acceptors (Lipinski definition) is 1. The molecule has 0 N–H and O–H groups in total. The summed E-state index contributed by atoms with van der Waals surface area (Å²) in [5, 5.41) is 5.67. The molecule has 1 aromatic heterocycles. The highest BCUT2D eigenvalue weighted by Gasteiger charge is 2.37. The van der Waals surface area contributed by atoms with E-state index in [0.29, 0.717) is 5.41 Å². The summed E-state index contributed by atoms with van der Waals surface area (Å²) in [7, 11) is 2.06. The van der Waals surface area contributed by atoms with E-state index in [1.807, 2.05) is 4.68 Å². The summed E-state index contributed by atoms with van der Waals surface area (Å²) < 4.78 is 3.27. The fourth-order valence-corrected chi connectivity index (χ4v) is 3.92. The zero-order valence-corrected chi connectivity index (χ0v) is 13.1. The van der Waals surface area contributed by atoms with Crippen molar-refractivity contribution in [2.75, 3.05) is 5.33 Å². The Morgan fingerprint density at radius 2 is 2.12 bits per heavy atom. The van der Waals surface area contributed by atoms with Crippen LogP contribution in [-0.4, -0.2) is 15.1 Å². The van der Waals surface area contributed by atoms with Gasteiger partial charge in [-0.1, -0.05) is 29.3 Å². The monoisotopic (exact) mass is 348 g/mol. The number of alkyl halides is 1. The third-order valence-corrected chi connectivity index (χ3v) is 5.85. The van der Waals surface area contributed by atoms with E-state index in [4.69, 9.17) is 0 Å². The van der Waals surface area contributed by atoms with Gasteiger partial charge in [-0.25, -0.2) is 0 Å². The fourth-order valence-electron chi connectivity index (χ4n) is 2.40. The van der Waals surface area contributed by atoms with Gasteiger partial charge in [-0.05, 0) is 47.0 Å². The van der Waals surface area contributed by atoms with Crippen LogP contribution in [0.15, 0.2) is 4.47 Å². The van der Waals surface area contributed by atoms with E-state index in [-0.39, 0.29) is 0 Å². The zero-order valence-electron chi connectivity index (χ0n) is 9.89. The van der Waals surface area contributed by atoms with Gasteiger partial charge in [0.05, 0.1) is 15.9 Å². The van der Waals surface area contributed by atoms with Crippen LogP contribution in [0.5, 0.6) is 0 Å². The molecular weight excluding hydrogens is 332 g/mol. The van der Waals surface area contributed by atoms with Crippen LogP contribution in [0.3, 0.4) is 0 Å². The topological polar surface area (TPSA) is 17.8 Å². The van der Waals surface area contributed by atoms with E-state index in [0.717, 1.165) is 18.2 Å². The number of aryl methyl sites for hydroxylation is 2. The van der Waals surface area contributed by atoms with Gasteiger partial charge >= 0.3 is 0 Å². The highest BCUT2D eigenvalue weighted by atomic mass is 79.9. The molecule has 0 unspecified atom stereocenters. The van der Waals surface area contributed by atoms with Crippen molar-refractivity contribution in [3.8, 4) is 0 Å². The molecule has 1 aliphatic rings. The Balaban J connectivity index is 2.23. The summed E-state index contributed by atoms with van der Waals surface area (Å²) in [5.74, 6) is 0. The van der Waals surface area contributed by atoms with Crippen molar-refractivity contribution >= 4 is 31.9 Å². The van der Waals surface area contributed by atoms with Crippen LogP contribution in [-0.2, 0) is 19.9 Å². The van der Waals surface area contributed by atoms with E-state index >= 15 is 0 Å². The Labute approximate surface area is 114 Å². The average Bonchev–Trinajstić information content (AvgIpc) is 2.49. The van der Waals surface area contributed by atoms with Crippen LogP contribution in [0.4, 0.5) is 0 Å². The minimum absolute atomic E-state index is 0.487. The van der Waals surface area contributed by atoms with Crippen molar-refractivity contribution in [3.63, 3.8) is 0 Å². The minimum atomic E-state index is 0.487. The molecule has 0 atom stereocenters. The molecule has 1 aliphatic carbocycles. The quantitative estimate of drug-likeness (QED) is 0.755. The summed E-state index contributed by atoms with van der Waals surface area (Å²) in [4.78, 5) is 0. The molecule has 4 heteroatoms. The number of halogens is 2. The van der Waals surface area contributed by atoms with Gasteiger partial charge in [0, 0.05) is 12.4 Å². The van der Waals surface area contributed by atoms with Crippen LogP contribution in [0.1, 0.15) is 37.6 Å². The smallest absolute Gasteiger partial charge is 0.0766 e. The molecule has 16 heavy (non-hydrogen) atoms. The molecule has 0 bridgehead atoms. The first-order chi connectivity index (χ1) is 7.62. The molecule has 1 fully saturated rings. The Morgan fingerprint density at radius 1 is 1.44 bits per heavy atom. The molecule has 0 amide bonds. The second-order valence-electron chi connectivity index (χ2n) is 4.85. The van der Waals surface area contributed by atoms with E-state index in [1.165, 1.54) is 35.1 Å². The normalized spacial score (nSPS) is 18.5. The van der Waals surface area contributed by atoms with E-state index in [1.54, 1.807) is 0 Å². The van der Waals surface area contributed by atoms with Crippen molar-refractivity contribution in [2.24, 2.45) is 12.5 Å². The van der Waals surface area contributed by atoms with Gasteiger partial charge in [-0.3, -0.25) is 4.68 Å². The first-order valence-electron chi connectivity index (χ1n) is 5.88. The van der Waals surface area contributed by atoms with Gasteiger partial charge in [0.15, 0.2) is 0 Å². The van der Waals surface area contributed by atoms with Crippen molar-refractivity contribution in [1.82, 2.24) is 9.78 Å². The van der Waals surface area contributed by atoms with Crippen LogP contribution in [0, 0.1) is 5.41 Å². The Bertz CT molecular complexity index is 375. The summed E-state index contributed by atoms with van der Waals surface area (Å²) in [5.41, 5.74) is 3.03. The fraction of sp³-hybridized carbons (Fsp3) is 0.750. The molecule has 0 saturated heterocycles. The highest BCUT2D eigenvalue weighted by Crippen LogP contribution is 2.46. The van der Waals surface area contributed by atoms with Gasteiger partial charge in [-0.2, -0.15) is 5.10 Å². The van der Waals surface area contributed by atoms with Crippen LogP contribution < -0.4 is 0 Å². The Kier molecular flexibility index (Phi) is 3.79. The molecule has 0 spiro atoms. The van der Waals surface area contributed by atoms with Crippen LogP contribution in [0.2, 0.25) is 0 Å². The lowest BCUT2D eigenvalue weighted by molar-refractivity contribution is 0.166. The predicted octanol–water partition coefficient (Wildman–Crippen LogP) is 3.85. The first-order valence-corrected chi connectivity index (χ1v) is 7.79. The lowest BCUT2D eigenvalue weighted by Crippen LogP contribution is -2.34. The van der Waals surface area contributed by atoms with Gasteiger partial charge in [0.2, 0.25) is 0 Å². The molecular formula is C12H18Br2N2. The molecule has 1 aromatic rings. The molecule has 0 aromatic carbocycles. The first kappa shape index (κ1) is 12.6. The van der Waals surface area contributed by atoms with Gasteiger partial charge in [-0.15, -0.1) is 0 Å². The Hall–Kier alpha value is 0.170. The molecule has 1 saturated carbocycles. The lowest BCUT2D eigenvalue weighted by atomic mass is 9.67. The molecule has 2 nitrogen and oxygen atoms in total. The maximum absolute atomic E-state index is 4.56. The highest BCUT2D eigenvalue weighted by molar-refractivity contribution is 9.10. The Morgan fingerprint density at radius 3 is 2.50 bits per heavy atom. The van der Waals surface area contributed by atoms with Gasteiger partial charge < -0.3 is 0 Å². The largest absolute Gasteiger partial charge is 0.271 e. The van der Waals surface area contributed by atoms with Crippen molar-refractivity contribution < 1.29 is 0 Å². The average molecular weight is 350 g/mol. The lowest BCUT2D eigenvalue weighted by Gasteiger charge is -2.40. The summed E-state index contributed by atoms with van der Waals surface area (Å²) in [6, 6.07) is 0. The molecule has 0 radical (unpaired) electrons. The second kappa shape index (κ2) is 4.81. The number of hydrogen-bond donors (Lipinski definition) is 0. The number of aromatic nitrogens is 2. The van der Waals surface area contributed by atoms with Gasteiger partial charge in [0.1, 0.15) is 0 Å². The third kappa shape index (κ3) is 2.10. The number of nitrogens with zero attached hydrogens (tertiary/aromatic N) is 2. The van der Waals surface area contributed by atoms with E-state index in [2.05, 4.69) is 50.9 Å². The van der Waals surface area contributed by atoms with E-state index in [9.17, 15) is 0 Å². The zero-order chi connectivity index (χ0) is 11.8. The second-order valence-corrected chi connectivity index (χ2v) is 6.20. The molecule has 90 valence electrons. The van der Waals surface area contributed by atoms with Crippen LogP contribution >= 0.6 is 31.9 Å². The maximum atomic E-state index is 4.56. The molecule has 0 aliphatic heterocycles. The molecule has 1 heterocycles. The summed E-state index contributed by atoms with van der Waals surface area (Å²) in [6.45, 7) is 2.15. The summed E-state index contributed by atoms with van der Waals surface area (Å²) in [6.07, 6.45) is 6.20. The molecule has 2 rings (SSSR count). The van der Waals surface area contributed by atoms with Gasteiger partial charge in [0.25, 0.3) is 0 Å². The SMILES string of the molecule is CCc1nn(C)c(CC2(CBr)CCC2)c1Br. The third-order valence-electron chi connectivity index (χ3n) is 3.74.